The Morgan fingerprint density at radius 2 is 1.93 bits per heavy atom. The smallest absolute Gasteiger partial charge is 0.289 e. The van der Waals surface area contributed by atoms with Gasteiger partial charge in [0.05, 0.1) is 11.7 Å². The Balaban J connectivity index is 1.84. The minimum Gasteiger partial charge on any atom is -0.415 e. The van der Waals surface area contributed by atoms with Gasteiger partial charge in [-0.2, -0.15) is 15.0 Å². The van der Waals surface area contributed by atoms with E-state index in [4.69, 9.17) is 16.0 Å². The molecule has 3 aromatic rings. The predicted molar refractivity (Wildman–Crippen MR) is 107 cm³/mol. The lowest BCUT2D eigenvalue weighted by molar-refractivity contribution is -0.958. The fraction of sp³-hybridized carbons (Fsp3) is 0.350. The van der Waals surface area contributed by atoms with E-state index in [2.05, 4.69) is 15.3 Å². The van der Waals surface area contributed by atoms with Gasteiger partial charge >= 0.3 is 0 Å². The first kappa shape index (κ1) is 20.7. The van der Waals surface area contributed by atoms with Crippen molar-refractivity contribution in [2.75, 3.05) is 0 Å². The topological polar surface area (TPSA) is 102 Å². The number of rotatable bonds is 6. The van der Waals surface area contributed by atoms with Crippen molar-refractivity contribution < 1.29 is 9.32 Å². The highest BCUT2D eigenvalue weighted by atomic mass is 35.5. The molecule has 9 heteroatoms. The third-order valence-corrected chi connectivity index (χ3v) is 5.11. The van der Waals surface area contributed by atoms with Crippen LogP contribution in [-0.4, -0.2) is 26.0 Å². The molecule has 0 bridgehead atoms. The molecule has 1 atom stereocenters. The Morgan fingerprint density at radius 3 is 2.55 bits per heavy atom. The molecule has 2 aromatic heterocycles. The van der Waals surface area contributed by atoms with Gasteiger partial charge in [-0.1, -0.05) is 11.6 Å². The van der Waals surface area contributed by atoms with Crippen molar-refractivity contribution in [2.24, 2.45) is 0 Å². The molecular formula is C20H22ClN6O2+. The van der Waals surface area contributed by atoms with Crippen LogP contribution in [0.1, 0.15) is 36.6 Å². The third-order valence-electron chi connectivity index (χ3n) is 4.85. The normalized spacial score (nSPS) is 12.2. The molecule has 3 rings (SSSR count). The standard InChI is InChI=1S/C20H21ClN6O2/c1-12(2)26(11-27-20(28)17(9-22)13(3)14(4)25-27)10-18-23-24-19(29-18)15-5-7-16(21)8-6-15/h5-8,12H,10-11H2,1-4H3/p+1. The predicted octanol–water partition coefficient (Wildman–Crippen LogP) is 1.89. The van der Waals surface area contributed by atoms with Crippen molar-refractivity contribution in [1.82, 2.24) is 20.0 Å². The van der Waals surface area contributed by atoms with E-state index in [1.165, 1.54) is 4.68 Å². The number of quaternary nitrogens is 1. The van der Waals surface area contributed by atoms with Gasteiger partial charge in [0.2, 0.25) is 5.89 Å². The summed E-state index contributed by atoms with van der Waals surface area (Å²) in [6.07, 6.45) is 0. The number of nitrogens with one attached hydrogen (secondary N) is 1. The molecule has 0 aliphatic rings. The zero-order chi connectivity index (χ0) is 21.1. The molecule has 8 nitrogen and oxygen atoms in total. The second kappa shape index (κ2) is 8.55. The number of nitriles is 1. The summed E-state index contributed by atoms with van der Waals surface area (Å²) >= 11 is 5.92. The SMILES string of the molecule is Cc1nn(C[NH+](Cc2nnc(-c3ccc(Cl)cc3)o2)C(C)C)c(=O)c(C#N)c1C. The number of nitrogens with zero attached hydrogens (tertiary/aromatic N) is 5. The van der Waals surface area contributed by atoms with Crippen LogP contribution in [0.15, 0.2) is 33.5 Å². The number of hydrogen-bond donors (Lipinski definition) is 1. The van der Waals surface area contributed by atoms with Crippen molar-refractivity contribution in [2.45, 2.75) is 47.0 Å². The van der Waals surface area contributed by atoms with Gasteiger partial charge in [0.25, 0.3) is 11.4 Å². The summed E-state index contributed by atoms with van der Waals surface area (Å²) in [6, 6.07) is 9.29. The molecule has 150 valence electrons. The number of benzene rings is 1. The molecule has 0 amide bonds. The number of hydrogen-bond acceptors (Lipinski definition) is 6. The average Bonchev–Trinajstić information content (AvgIpc) is 3.15. The number of aromatic nitrogens is 4. The molecule has 0 spiro atoms. The molecule has 0 aliphatic heterocycles. The van der Waals surface area contributed by atoms with Gasteiger partial charge in [-0.3, -0.25) is 4.79 Å². The summed E-state index contributed by atoms with van der Waals surface area (Å²) in [4.78, 5) is 13.6. The zero-order valence-corrected chi connectivity index (χ0v) is 17.5. The fourth-order valence-corrected chi connectivity index (χ4v) is 3.00. The van der Waals surface area contributed by atoms with Gasteiger partial charge in [-0.05, 0) is 57.5 Å². The Kier molecular flexibility index (Phi) is 6.11. The lowest BCUT2D eigenvalue weighted by atomic mass is 10.1. The van der Waals surface area contributed by atoms with Crippen molar-refractivity contribution in [3.05, 3.63) is 62.4 Å². The van der Waals surface area contributed by atoms with Gasteiger partial charge in [-0.15, -0.1) is 10.2 Å². The Hall–Kier alpha value is -3.02. The zero-order valence-electron chi connectivity index (χ0n) is 16.7. The van der Waals surface area contributed by atoms with E-state index < -0.39 is 0 Å². The third kappa shape index (κ3) is 4.53. The molecule has 0 saturated carbocycles. The van der Waals surface area contributed by atoms with Gasteiger partial charge in [-0.25, -0.2) is 0 Å². The summed E-state index contributed by atoms with van der Waals surface area (Å²) < 4.78 is 7.14. The first-order chi connectivity index (χ1) is 13.8. The van der Waals surface area contributed by atoms with Crippen LogP contribution in [0.2, 0.25) is 5.02 Å². The molecule has 0 aliphatic carbocycles. The molecule has 2 heterocycles. The van der Waals surface area contributed by atoms with Crippen LogP contribution in [0.4, 0.5) is 0 Å². The molecular weight excluding hydrogens is 392 g/mol. The lowest BCUT2D eigenvalue weighted by Crippen LogP contribution is -3.13. The van der Waals surface area contributed by atoms with Crippen LogP contribution in [-0.2, 0) is 13.2 Å². The highest BCUT2D eigenvalue weighted by Crippen LogP contribution is 2.19. The molecule has 1 unspecified atom stereocenters. The van der Waals surface area contributed by atoms with Gasteiger partial charge < -0.3 is 9.32 Å². The van der Waals surface area contributed by atoms with Crippen LogP contribution < -0.4 is 10.5 Å². The van der Waals surface area contributed by atoms with Gasteiger partial charge in [0.15, 0.2) is 13.2 Å². The molecule has 0 saturated heterocycles. The first-order valence-corrected chi connectivity index (χ1v) is 9.59. The van der Waals surface area contributed by atoms with E-state index in [1.54, 1.807) is 26.0 Å². The minimum absolute atomic E-state index is 0.128. The second-order valence-corrected chi connectivity index (χ2v) is 7.59. The first-order valence-electron chi connectivity index (χ1n) is 9.21. The number of aryl methyl sites for hydroxylation is 1. The molecule has 1 N–H and O–H groups in total. The van der Waals surface area contributed by atoms with Gasteiger partial charge in [0, 0.05) is 10.6 Å². The quantitative estimate of drug-likeness (QED) is 0.662. The van der Waals surface area contributed by atoms with Crippen LogP contribution in [0.3, 0.4) is 0 Å². The second-order valence-electron chi connectivity index (χ2n) is 7.16. The maximum absolute atomic E-state index is 12.6. The molecule has 0 fully saturated rings. The summed E-state index contributed by atoms with van der Waals surface area (Å²) in [6.45, 7) is 8.28. The largest absolute Gasteiger partial charge is 0.415 e. The van der Waals surface area contributed by atoms with E-state index in [9.17, 15) is 10.1 Å². The summed E-state index contributed by atoms with van der Waals surface area (Å²) in [5.74, 6) is 0.865. The maximum atomic E-state index is 12.6. The van der Waals surface area contributed by atoms with E-state index >= 15 is 0 Å². The van der Waals surface area contributed by atoms with E-state index in [0.717, 1.165) is 10.5 Å². The van der Waals surface area contributed by atoms with Crippen LogP contribution in [0.25, 0.3) is 11.5 Å². The maximum Gasteiger partial charge on any atom is 0.289 e. The van der Waals surface area contributed by atoms with Crippen molar-refractivity contribution in [1.29, 1.82) is 5.26 Å². The number of halogens is 1. The Bertz CT molecular complexity index is 1110. The summed E-state index contributed by atoms with van der Waals surface area (Å²) in [5.41, 5.74) is 1.80. The van der Waals surface area contributed by atoms with E-state index in [0.29, 0.717) is 34.6 Å². The average molecular weight is 414 g/mol. The molecule has 0 radical (unpaired) electrons. The van der Waals surface area contributed by atoms with Crippen molar-refractivity contribution in [3.63, 3.8) is 0 Å². The van der Waals surface area contributed by atoms with Gasteiger partial charge in [0.1, 0.15) is 11.6 Å². The summed E-state index contributed by atoms with van der Waals surface area (Å²) in [7, 11) is 0. The summed E-state index contributed by atoms with van der Waals surface area (Å²) in [5, 5.41) is 22.5. The van der Waals surface area contributed by atoms with E-state index in [-0.39, 0.29) is 23.8 Å². The lowest BCUT2D eigenvalue weighted by Gasteiger charge is -2.22. The highest BCUT2D eigenvalue weighted by molar-refractivity contribution is 6.30. The monoisotopic (exact) mass is 413 g/mol. The minimum atomic E-state index is -0.388. The van der Waals surface area contributed by atoms with Crippen LogP contribution in [0, 0.1) is 25.2 Å². The molecule has 29 heavy (non-hydrogen) atoms. The fourth-order valence-electron chi connectivity index (χ4n) is 2.87. The Morgan fingerprint density at radius 1 is 1.24 bits per heavy atom. The van der Waals surface area contributed by atoms with Crippen LogP contribution in [0.5, 0.6) is 0 Å². The van der Waals surface area contributed by atoms with Crippen molar-refractivity contribution >= 4 is 11.6 Å². The van der Waals surface area contributed by atoms with Crippen LogP contribution >= 0.6 is 11.6 Å². The highest BCUT2D eigenvalue weighted by Gasteiger charge is 2.22. The Labute approximate surface area is 173 Å². The van der Waals surface area contributed by atoms with E-state index in [1.807, 2.05) is 32.0 Å². The van der Waals surface area contributed by atoms with Crippen molar-refractivity contribution in [3.8, 4) is 17.5 Å². The molecule has 1 aromatic carbocycles.